The van der Waals surface area contributed by atoms with Crippen LogP contribution in [0.2, 0.25) is 0 Å². The average molecular weight is 399 g/mol. The molecular weight excluding hydrogens is 375 g/mol. The lowest BCUT2D eigenvalue weighted by Crippen LogP contribution is -2.42. The van der Waals surface area contributed by atoms with Crippen LogP contribution < -0.4 is 10.0 Å². The normalized spacial score (nSPS) is 21.1. The van der Waals surface area contributed by atoms with Crippen LogP contribution in [-0.2, 0) is 10.0 Å². The molecule has 0 aliphatic heterocycles. The van der Waals surface area contributed by atoms with E-state index in [2.05, 4.69) is 20.0 Å². The predicted molar refractivity (Wildman–Crippen MR) is 102 cm³/mol. The van der Waals surface area contributed by atoms with Crippen molar-refractivity contribution in [3.05, 3.63) is 29.7 Å². The number of halogens is 1. The molecule has 0 saturated heterocycles. The van der Waals surface area contributed by atoms with Gasteiger partial charge in [0.1, 0.15) is 0 Å². The summed E-state index contributed by atoms with van der Waals surface area (Å²) in [6.07, 6.45) is 4.72. The van der Waals surface area contributed by atoms with Crippen LogP contribution in [0.4, 0.5) is 9.52 Å². The van der Waals surface area contributed by atoms with E-state index in [0.717, 1.165) is 30.8 Å². The molecule has 142 valence electrons. The third kappa shape index (κ3) is 4.57. The lowest BCUT2D eigenvalue weighted by Gasteiger charge is -2.29. The summed E-state index contributed by atoms with van der Waals surface area (Å²) in [6, 6.07) is 3.58. The van der Waals surface area contributed by atoms with Crippen molar-refractivity contribution in [1.82, 2.24) is 14.7 Å². The van der Waals surface area contributed by atoms with E-state index in [1.54, 1.807) is 26.0 Å². The highest BCUT2D eigenvalue weighted by Gasteiger charge is 2.26. The fraction of sp³-hybridized carbons (Fsp3) is 0.529. The van der Waals surface area contributed by atoms with Gasteiger partial charge in [-0.3, -0.25) is 0 Å². The summed E-state index contributed by atoms with van der Waals surface area (Å²) in [5.74, 6) is -0.526. The summed E-state index contributed by atoms with van der Waals surface area (Å²) in [6.45, 7) is 3.36. The van der Waals surface area contributed by atoms with Crippen LogP contribution in [0.25, 0.3) is 11.3 Å². The molecule has 3 rings (SSSR count). The Bertz CT molecular complexity index is 846. The highest BCUT2D eigenvalue weighted by molar-refractivity contribution is 7.90. The molecule has 26 heavy (non-hydrogen) atoms. The number of anilines is 1. The van der Waals surface area contributed by atoms with Gasteiger partial charge in [-0.15, -0.1) is 11.3 Å². The number of hydrogen-bond acceptors (Lipinski definition) is 6. The Morgan fingerprint density at radius 2 is 1.92 bits per heavy atom. The van der Waals surface area contributed by atoms with Crippen molar-refractivity contribution >= 4 is 26.5 Å². The number of hydrogen-bond donors (Lipinski definition) is 2. The number of rotatable bonds is 6. The third-order valence-electron chi connectivity index (χ3n) is 4.55. The van der Waals surface area contributed by atoms with Gasteiger partial charge < -0.3 is 5.32 Å². The maximum absolute atomic E-state index is 13.8. The summed E-state index contributed by atoms with van der Waals surface area (Å²) in [5.41, 5.74) is 0.963. The molecule has 1 aliphatic rings. The highest BCUT2D eigenvalue weighted by atomic mass is 32.2. The number of thiazole rings is 1. The van der Waals surface area contributed by atoms with Crippen molar-refractivity contribution in [2.45, 2.75) is 56.9 Å². The van der Waals surface area contributed by atoms with Crippen LogP contribution in [0.5, 0.6) is 0 Å². The van der Waals surface area contributed by atoms with Gasteiger partial charge in [0.2, 0.25) is 16.0 Å². The molecule has 0 amide bonds. The molecule has 0 aromatic carbocycles. The van der Waals surface area contributed by atoms with Gasteiger partial charge in [-0.2, -0.15) is 4.39 Å². The Balaban J connectivity index is 1.55. The van der Waals surface area contributed by atoms with E-state index in [1.165, 1.54) is 17.5 Å². The molecule has 1 saturated carbocycles. The van der Waals surface area contributed by atoms with Crippen LogP contribution in [0, 0.1) is 5.95 Å². The molecule has 2 aromatic heterocycles. The Labute approximate surface area is 157 Å². The number of pyridine rings is 1. The molecule has 2 N–H and O–H groups in total. The first-order valence-corrected chi connectivity index (χ1v) is 11.1. The standard InChI is InChI=1S/C17H23FN4O2S2/c1-11(2)26(23,24)22-13-7-5-12(6-8-13)20-17-21-15(10-25-17)14-4-3-9-19-16(14)18/h3-4,9-13,22H,5-8H2,1-2H3,(H,20,21). The van der Waals surface area contributed by atoms with Gasteiger partial charge in [0.25, 0.3) is 0 Å². The van der Waals surface area contributed by atoms with Gasteiger partial charge in [0, 0.05) is 23.7 Å². The van der Waals surface area contributed by atoms with Gasteiger partial charge in [0.15, 0.2) is 5.13 Å². The summed E-state index contributed by atoms with van der Waals surface area (Å²) in [5, 5.41) is 5.52. The van der Waals surface area contributed by atoms with Gasteiger partial charge in [-0.1, -0.05) is 0 Å². The van der Waals surface area contributed by atoms with Crippen molar-refractivity contribution in [2.75, 3.05) is 5.32 Å². The smallest absolute Gasteiger partial charge is 0.222 e. The summed E-state index contributed by atoms with van der Waals surface area (Å²) >= 11 is 1.43. The lowest BCUT2D eigenvalue weighted by atomic mass is 9.92. The maximum atomic E-state index is 13.8. The number of sulfonamides is 1. The highest BCUT2D eigenvalue weighted by Crippen LogP contribution is 2.29. The Kier molecular flexibility index (Phi) is 5.89. The minimum atomic E-state index is -3.23. The Morgan fingerprint density at radius 3 is 2.58 bits per heavy atom. The first-order chi connectivity index (χ1) is 12.3. The van der Waals surface area contributed by atoms with Crippen LogP contribution in [-0.4, -0.2) is 35.7 Å². The third-order valence-corrected chi connectivity index (χ3v) is 7.22. The molecule has 9 heteroatoms. The second-order valence-electron chi connectivity index (χ2n) is 6.78. The fourth-order valence-electron chi connectivity index (χ4n) is 2.94. The molecule has 0 atom stereocenters. The van der Waals surface area contributed by atoms with Crippen LogP contribution in [0.1, 0.15) is 39.5 Å². The van der Waals surface area contributed by atoms with Crippen LogP contribution >= 0.6 is 11.3 Å². The molecular formula is C17H23FN4O2S2. The molecule has 0 radical (unpaired) electrons. The van der Waals surface area contributed by atoms with E-state index in [4.69, 9.17) is 0 Å². The molecule has 1 aliphatic carbocycles. The second kappa shape index (κ2) is 7.98. The molecule has 0 spiro atoms. The molecule has 2 heterocycles. The summed E-state index contributed by atoms with van der Waals surface area (Å²) in [4.78, 5) is 8.10. The second-order valence-corrected chi connectivity index (χ2v) is 9.91. The van der Waals surface area contributed by atoms with E-state index in [9.17, 15) is 12.8 Å². The molecule has 2 aromatic rings. The zero-order valence-corrected chi connectivity index (χ0v) is 16.4. The predicted octanol–water partition coefficient (Wildman–Crippen LogP) is 3.40. The van der Waals surface area contributed by atoms with Gasteiger partial charge >= 0.3 is 0 Å². The monoisotopic (exact) mass is 398 g/mol. The van der Waals surface area contributed by atoms with Gasteiger partial charge in [-0.25, -0.2) is 23.1 Å². The number of aromatic nitrogens is 2. The van der Waals surface area contributed by atoms with Crippen LogP contribution in [0.3, 0.4) is 0 Å². The zero-order valence-electron chi connectivity index (χ0n) is 14.8. The first-order valence-electron chi connectivity index (χ1n) is 8.69. The fourth-order valence-corrected chi connectivity index (χ4v) is 4.70. The molecule has 6 nitrogen and oxygen atoms in total. The quantitative estimate of drug-likeness (QED) is 0.729. The van der Waals surface area contributed by atoms with Crippen molar-refractivity contribution in [3.63, 3.8) is 0 Å². The summed E-state index contributed by atoms with van der Waals surface area (Å²) in [7, 11) is -3.23. The number of nitrogens with one attached hydrogen (secondary N) is 2. The van der Waals surface area contributed by atoms with Crippen molar-refractivity contribution in [3.8, 4) is 11.3 Å². The van der Waals surface area contributed by atoms with Crippen molar-refractivity contribution in [1.29, 1.82) is 0 Å². The lowest BCUT2D eigenvalue weighted by molar-refractivity contribution is 0.386. The van der Waals surface area contributed by atoms with Crippen LogP contribution in [0.15, 0.2) is 23.7 Å². The number of nitrogens with zero attached hydrogens (tertiary/aromatic N) is 2. The summed E-state index contributed by atoms with van der Waals surface area (Å²) < 4.78 is 40.5. The first kappa shape index (κ1) is 19.2. The van der Waals surface area contributed by atoms with E-state index < -0.39 is 21.2 Å². The van der Waals surface area contributed by atoms with Gasteiger partial charge in [-0.05, 0) is 51.7 Å². The van der Waals surface area contributed by atoms with E-state index in [-0.39, 0.29) is 12.1 Å². The van der Waals surface area contributed by atoms with Gasteiger partial charge in [0.05, 0.1) is 16.5 Å². The largest absolute Gasteiger partial charge is 0.359 e. The van der Waals surface area contributed by atoms with Crippen molar-refractivity contribution < 1.29 is 12.8 Å². The molecule has 0 unspecified atom stereocenters. The topological polar surface area (TPSA) is 84.0 Å². The average Bonchev–Trinajstić information content (AvgIpc) is 3.05. The van der Waals surface area contributed by atoms with E-state index >= 15 is 0 Å². The molecule has 1 fully saturated rings. The molecule has 0 bridgehead atoms. The van der Waals surface area contributed by atoms with E-state index in [0.29, 0.717) is 11.3 Å². The Hall–Kier alpha value is -1.58. The van der Waals surface area contributed by atoms with E-state index in [1.807, 2.05) is 5.38 Å². The van der Waals surface area contributed by atoms with Crippen molar-refractivity contribution in [2.24, 2.45) is 0 Å². The minimum absolute atomic E-state index is 0.00297. The SMILES string of the molecule is CC(C)S(=O)(=O)NC1CCC(Nc2nc(-c3cccnc3F)cs2)CC1. The minimum Gasteiger partial charge on any atom is -0.359 e. The zero-order chi connectivity index (χ0) is 18.7. The Morgan fingerprint density at radius 1 is 1.23 bits per heavy atom. The maximum Gasteiger partial charge on any atom is 0.222 e.